The minimum absolute atomic E-state index is 0.00204. The largest absolute Gasteiger partial charge is 0.342 e. The molecule has 1 saturated carbocycles. The molecule has 1 atom stereocenters. The predicted molar refractivity (Wildman–Crippen MR) is 153 cm³/mol. The first-order valence-corrected chi connectivity index (χ1v) is 15.0. The summed E-state index contributed by atoms with van der Waals surface area (Å²) in [5, 5.41) is 3.19. The molecule has 1 spiro atoms. The lowest BCUT2D eigenvalue weighted by atomic mass is 9.79. The zero-order chi connectivity index (χ0) is 27.6. The van der Waals surface area contributed by atoms with Crippen LogP contribution in [0.15, 0.2) is 35.1 Å². The molecule has 3 aliphatic rings. The van der Waals surface area contributed by atoms with E-state index in [1.54, 1.807) is 4.68 Å². The number of piperidine rings is 1. The Labute approximate surface area is 232 Å². The van der Waals surface area contributed by atoms with E-state index in [4.69, 9.17) is 0 Å². The van der Waals surface area contributed by atoms with E-state index in [9.17, 15) is 14.4 Å². The van der Waals surface area contributed by atoms with Gasteiger partial charge in [-0.1, -0.05) is 63.6 Å². The van der Waals surface area contributed by atoms with Gasteiger partial charge in [-0.25, -0.2) is 4.68 Å². The molecule has 8 nitrogen and oxygen atoms in total. The summed E-state index contributed by atoms with van der Waals surface area (Å²) in [7, 11) is 1.92. The Morgan fingerprint density at radius 1 is 1.00 bits per heavy atom. The summed E-state index contributed by atoms with van der Waals surface area (Å²) in [5.74, 6) is 0.679. The molecule has 212 valence electrons. The van der Waals surface area contributed by atoms with E-state index in [1.165, 1.54) is 32.1 Å². The summed E-state index contributed by atoms with van der Waals surface area (Å²) in [4.78, 5) is 45.2. The molecule has 0 unspecified atom stereocenters. The van der Waals surface area contributed by atoms with Gasteiger partial charge in [-0.15, -0.1) is 0 Å². The van der Waals surface area contributed by atoms with Gasteiger partial charge in [-0.05, 0) is 50.7 Å². The maximum Gasteiger partial charge on any atom is 0.276 e. The Hall–Kier alpha value is -2.87. The monoisotopic (exact) mass is 535 g/mol. The third kappa shape index (κ3) is 5.32. The number of benzene rings is 1. The number of carbonyl (C=O) groups excluding carboxylic acids is 2. The van der Waals surface area contributed by atoms with Crippen molar-refractivity contribution in [1.29, 1.82) is 0 Å². The SMILES string of the molecule is CCCCN1C(=O)[C@H](CC2CCCCC2)NC(=O)C12CCN(Cc1c(C)n(C)n(-c3ccccc3)c1=O)CC2. The van der Waals surface area contributed by atoms with Gasteiger partial charge in [0.05, 0.1) is 11.3 Å². The van der Waals surface area contributed by atoms with Crippen LogP contribution in [0.3, 0.4) is 0 Å². The summed E-state index contributed by atoms with van der Waals surface area (Å²) in [6.07, 6.45) is 9.95. The molecule has 39 heavy (non-hydrogen) atoms. The van der Waals surface area contributed by atoms with Crippen LogP contribution in [0.2, 0.25) is 0 Å². The van der Waals surface area contributed by atoms with Crippen LogP contribution in [-0.4, -0.2) is 62.2 Å². The highest BCUT2D eigenvalue weighted by molar-refractivity contribution is 6.00. The highest BCUT2D eigenvalue weighted by atomic mass is 16.2. The Morgan fingerprint density at radius 3 is 2.36 bits per heavy atom. The number of nitrogens with one attached hydrogen (secondary N) is 1. The second-order valence-electron chi connectivity index (χ2n) is 12.0. The van der Waals surface area contributed by atoms with Crippen molar-refractivity contribution in [3.63, 3.8) is 0 Å². The number of unbranched alkanes of at least 4 members (excludes halogenated alkanes) is 1. The third-order valence-electron chi connectivity index (χ3n) is 9.58. The van der Waals surface area contributed by atoms with Gasteiger partial charge in [-0.3, -0.25) is 24.0 Å². The standard InChI is InChI=1S/C31H45N5O3/c1-4-5-18-35-29(38)27(21-24-12-8-6-9-13-24)32-30(39)31(35)16-19-34(20-17-31)22-26-23(2)33(3)36(28(26)37)25-14-10-7-11-15-25/h7,10-11,14-15,24,27H,4-6,8-9,12-13,16-22H2,1-3H3,(H,32,39)/t27-/m0/s1. The molecule has 0 radical (unpaired) electrons. The van der Waals surface area contributed by atoms with Crippen molar-refractivity contribution in [2.24, 2.45) is 13.0 Å². The number of nitrogens with zero attached hydrogens (tertiary/aromatic N) is 4. The van der Waals surface area contributed by atoms with Crippen molar-refractivity contribution in [2.75, 3.05) is 19.6 Å². The van der Waals surface area contributed by atoms with E-state index in [-0.39, 0.29) is 23.4 Å². The molecule has 3 fully saturated rings. The van der Waals surface area contributed by atoms with Gasteiger partial charge in [0.2, 0.25) is 11.8 Å². The van der Waals surface area contributed by atoms with E-state index in [1.807, 2.05) is 53.9 Å². The smallest absolute Gasteiger partial charge is 0.276 e. The second kappa shape index (κ2) is 11.7. The van der Waals surface area contributed by atoms with Gasteiger partial charge in [0.1, 0.15) is 11.6 Å². The van der Waals surface area contributed by atoms with Crippen molar-refractivity contribution >= 4 is 11.8 Å². The Bertz CT molecular complexity index is 1220. The van der Waals surface area contributed by atoms with E-state index in [0.29, 0.717) is 44.9 Å². The maximum atomic E-state index is 13.8. The molecule has 3 heterocycles. The van der Waals surface area contributed by atoms with Crippen molar-refractivity contribution in [2.45, 2.75) is 96.2 Å². The first kappa shape index (κ1) is 27.7. The third-order valence-corrected chi connectivity index (χ3v) is 9.58. The highest BCUT2D eigenvalue weighted by Crippen LogP contribution is 2.36. The molecule has 2 aromatic rings. The van der Waals surface area contributed by atoms with E-state index in [0.717, 1.165) is 36.2 Å². The van der Waals surface area contributed by atoms with Crippen LogP contribution >= 0.6 is 0 Å². The van der Waals surface area contributed by atoms with Crippen LogP contribution in [0.4, 0.5) is 0 Å². The summed E-state index contributed by atoms with van der Waals surface area (Å²) in [5.41, 5.74) is 1.81. The summed E-state index contributed by atoms with van der Waals surface area (Å²) in [6.45, 7) is 6.67. The van der Waals surface area contributed by atoms with Crippen LogP contribution in [0, 0.1) is 12.8 Å². The lowest BCUT2D eigenvalue weighted by Crippen LogP contribution is -2.73. The minimum atomic E-state index is -0.776. The minimum Gasteiger partial charge on any atom is -0.342 e. The number of para-hydroxylation sites is 1. The summed E-state index contributed by atoms with van der Waals surface area (Å²) >= 11 is 0. The fourth-order valence-corrected chi connectivity index (χ4v) is 7.04. The number of piperazine rings is 1. The molecule has 0 bridgehead atoms. The maximum absolute atomic E-state index is 13.8. The predicted octanol–water partition coefficient (Wildman–Crippen LogP) is 3.92. The second-order valence-corrected chi connectivity index (χ2v) is 12.0. The van der Waals surface area contributed by atoms with E-state index in [2.05, 4.69) is 17.1 Å². The number of aromatic nitrogens is 2. The van der Waals surface area contributed by atoms with E-state index >= 15 is 0 Å². The molecule has 1 aromatic carbocycles. The summed E-state index contributed by atoms with van der Waals surface area (Å²) < 4.78 is 3.65. The number of rotatable bonds is 8. The van der Waals surface area contributed by atoms with Crippen LogP contribution in [0.25, 0.3) is 5.69 Å². The molecule has 8 heteroatoms. The Kier molecular flexibility index (Phi) is 8.31. The highest BCUT2D eigenvalue weighted by Gasteiger charge is 2.53. The average Bonchev–Trinajstić information content (AvgIpc) is 3.16. The van der Waals surface area contributed by atoms with Crippen molar-refractivity contribution in [3.8, 4) is 5.69 Å². The molecule has 5 rings (SSSR count). The zero-order valence-electron chi connectivity index (χ0n) is 24.0. The fraction of sp³-hybridized carbons (Fsp3) is 0.645. The zero-order valence-corrected chi connectivity index (χ0v) is 24.0. The van der Waals surface area contributed by atoms with Crippen LogP contribution in [0.1, 0.15) is 82.4 Å². The Morgan fingerprint density at radius 2 is 1.69 bits per heavy atom. The van der Waals surface area contributed by atoms with Crippen LogP contribution in [0.5, 0.6) is 0 Å². The molecule has 1 N–H and O–H groups in total. The number of carbonyl (C=O) groups is 2. The van der Waals surface area contributed by atoms with Gasteiger partial charge in [-0.2, -0.15) is 0 Å². The number of amides is 2. The normalized spacial score (nSPS) is 22.4. The molecule has 1 aromatic heterocycles. The first-order valence-electron chi connectivity index (χ1n) is 15.0. The fourth-order valence-electron chi connectivity index (χ4n) is 7.04. The topological polar surface area (TPSA) is 79.6 Å². The number of likely N-dealkylation sites (tertiary alicyclic amines) is 1. The average molecular weight is 536 g/mol. The molecular weight excluding hydrogens is 490 g/mol. The van der Waals surface area contributed by atoms with E-state index < -0.39 is 5.54 Å². The van der Waals surface area contributed by atoms with Gasteiger partial charge in [0.25, 0.3) is 5.56 Å². The van der Waals surface area contributed by atoms with Crippen molar-refractivity contribution in [3.05, 3.63) is 51.9 Å². The van der Waals surface area contributed by atoms with Crippen molar-refractivity contribution in [1.82, 2.24) is 24.5 Å². The molecule has 2 aliphatic heterocycles. The summed E-state index contributed by atoms with van der Waals surface area (Å²) in [6, 6.07) is 9.33. The lowest BCUT2D eigenvalue weighted by Gasteiger charge is -2.52. The van der Waals surface area contributed by atoms with Gasteiger partial charge < -0.3 is 10.2 Å². The van der Waals surface area contributed by atoms with Gasteiger partial charge in [0.15, 0.2) is 0 Å². The van der Waals surface area contributed by atoms with Crippen LogP contribution in [-0.2, 0) is 23.2 Å². The lowest BCUT2D eigenvalue weighted by molar-refractivity contribution is -0.162. The van der Waals surface area contributed by atoms with Crippen molar-refractivity contribution < 1.29 is 9.59 Å². The van der Waals surface area contributed by atoms with Gasteiger partial charge in [0, 0.05) is 38.9 Å². The van der Waals surface area contributed by atoms with Crippen LogP contribution < -0.4 is 10.9 Å². The molecule has 2 amide bonds. The Balaban J connectivity index is 1.31. The quantitative estimate of drug-likeness (QED) is 0.556. The number of hydrogen-bond donors (Lipinski definition) is 1. The molecule has 1 aliphatic carbocycles. The molecular formula is C31H45N5O3. The molecule has 2 saturated heterocycles. The van der Waals surface area contributed by atoms with Gasteiger partial charge >= 0.3 is 0 Å². The first-order chi connectivity index (χ1) is 18.9. The number of hydrogen-bond acceptors (Lipinski definition) is 4.